The minimum atomic E-state index is -0.459. The molecule has 0 heterocycles. The third kappa shape index (κ3) is 5.89. The van der Waals surface area contributed by atoms with E-state index in [0.29, 0.717) is 32.3 Å². The Morgan fingerprint density at radius 3 is 2.63 bits per heavy atom. The summed E-state index contributed by atoms with van der Waals surface area (Å²) in [6.45, 7) is 2.25. The Hall–Kier alpha value is -0.650. The maximum atomic E-state index is 11.3. The van der Waals surface area contributed by atoms with Gasteiger partial charge in [0.1, 0.15) is 0 Å². The molecule has 19 heavy (non-hydrogen) atoms. The molecule has 0 radical (unpaired) electrons. The van der Waals surface area contributed by atoms with E-state index in [9.17, 15) is 9.90 Å². The van der Waals surface area contributed by atoms with Crippen LogP contribution in [0.5, 0.6) is 0 Å². The highest BCUT2D eigenvalue weighted by Gasteiger charge is 2.28. The zero-order chi connectivity index (χ0) is 13.5. The van der Waals surface area contributed by atoms with Gasteiger partial charge in [-0.1, -0.05) is 12.8 Å². The molecule has 5 heteroatoms. The molecular weight excluding hydrogens is 244 g/mol. The molecule has 1 atom stereocenters. The first-order chi connectivity index (χ1) is 9.25. The summed E-state index contributed by atoms with van der Waals surface area (Å²) in [7, 11) is 0. The summed E-state index contributed by atoms with van der Waals surface area (Å²) in [4.78, 5) is 11.3. The van der Waals surface area contributed by atoms with E-state index in [2.05, 4.69) is 10.6 Å². The summed E-state index contributed by atoms with van der Waals surface area (Å²) in [5, 5.41) is 15.8. The normalized spacial score (nSPS) is 21.5. The Kier molecular flexibility index (Phi) is 6.07. The van der Waals surface area contributed by atoms with E-state index in [4.69, 9.17) is 4.74 Å². The van der Waals surface area contributed by atoms with Crippen LogP contribution in [0.15, 0.2) is 0 Å². The van der Waals surface area contributed by atoms with Crippen LogP contribution in [0.2, 0.25) is 0 Å². The van der Waals surface area contributed by atoms with Crippen LogP contribution in [0, 0.1) is 5.92 Å². The molecule has 5 nitrogen and oxygen atoms in total. The van der Waals surface area contributed by atoms with Crippen molar-refractivity contribution in [3.63, 3.8) is 0 Å². The van der Waals surface area contributed by atoms with E-state index in [-0.39, 0.29) is 11.8 Å². The maximum absolute atomic E-state index is 11.3. The summed E-state index contributed by atoms with van der Waals surface area (Å²) in [5.41, 5.74) is 0. The topological polar surface area (TPSA) is 70.6 Å². The van der Waals surface area contributed by atoms with Crippen LogP contribution in [0.4, 0.5) is 0 Å². The predicted molar refractivity (Wildman–Crippen MR) is 72.8 cm³/mol. The van der Waals surface area contributed by atoms with Gasteiger partial charge in [0.25, 0.3) is 0 Å². The molecule has 0 aromatic carbocycles. The smallest absolute Gasteiger partial charge is 0.223 e. The van der Waals surface area contributed by atoms with E-state index < -0.39 is 6.10 Å². The molecule has 110 valence electrons. The average Bonchev–Trinajstić information content (AvgIpc) is 3.13. The molecule has 2 fully saturated rings. The first kappa shape index (κ1) is 14.8. The van der Waals surface area contributed by atoms with Gasteiger partial charge in [0.05, 0.1) is 18.8 Å². The van der Waals surface area contributed by atoms with Crippen LogP contribution >= 0.6 is 0 Å². The van der Waals surface area contributed by atoms with Crippen LogP contribution in [-0.4, -0.2) is 49.5 Å². The molecule has 0 aromatic heterocycles. The number of nitrogens with one attached hydrogen (secondary N) is 2. The number of aliphatic hydroxyl groups excluding tert-OH is 1. The number of carbonyl (C=O) groups excluding carboxylic acids is 1. The molecule has 0 bridgehead atoms. The Bertz CT molecular complexity index is 276. The van der Waals surface area contributed by atoms with Crippen LogP contribution < -0.4 is 10.6 Å². The highest BCUT2D eigenvalue weighted by molar-refractivity contribution is 5.80. The molecule has 0 aromatic rings. The van der Waals surface area contributed by atoms with Gasteiger partial charge >= 0.3 is 0 Å². The fourth-order valence-corrected chi connectivity index (χ4v) is 2.39. The quantitative estimate of drug-likeness (QED) is 0.531. The summed E-state index contributed by atoms with van der Waals surface area (Å²) in [5.74, 6) is 0.442. The number of amides is 1. The molecule has 1 unspecified atom stereocenters. The van der Waals surface area contributed by atoms with Crippen molar-refractivity contribution in [2.45, 2.75) is 50.7 Å². The molecular formula is C14H26N2O3. The number of hydrogen-bond donors (Lipinski definition) is 3. The second kappa shape index (κ2) is 7.82. The summed E-state index contributed by atoms with van der Waals surface area (Å²) < 4.78 is 5.64. The number of ether oxygens (including phenoxy) is 1. The summed E-state index contributed by atoms with van der Waals surface area (Å²) >= 11 is 0. The predicted octanol–water partition coefficient (Wildman–Crippen LogP) is 0.422. The highest BCUT2D eigenvalue weighted by Crippen LogP contribution is 2.28. The van der Waals surface area contributed by atoms with E-state index in [1.807, 2.05) is 0 Å². The number of rotatable bonds is 9. The largest absolute Gasteiger partial charge is 0.389 e. The lowest BCUT2D eigenvalue weighted by Crippen LogP contribution is -2.37. The molecule has 2 aliphatic carbocycles. The first-order valence-corrected chi connectivity index (χ1v) is 7.54. The fourth-order valence-electron chi connectivity index (χ4n) is 2.39. The van der Waals surface area contributed by atoms with Crippen molar-refractivity contribution in [2.24, 2.45) is 5.92 Å². The molecule has 2 aliphatic rings. The van der Waals surface area contributed by atoms with Crippen LogP contribution in [-0.2, 0) is 9.53 Å². The molecule has 1 amide bonds. The molecule has 2 saturated carbocycles. The third-order valence-corrected chi connectivity index (χ3v) is 3.76. The zero-order valence-electron chi connectivity index (χ0n) is 11.6. The van der Waals surface area contributed by atoms with Crippen molar-refractivity contribution >= 4 is 5.91 Å². The van der Waals surface area contributed by atoms with Crippen molar-refractivity contribution in [2.75, 3.05) is 26.2 Å². The van der Waals surface area contributed by atoms with E-state index >= 15 is 0 Å². The third-order valence-electron chi connectivity index (χ3n) is 3.76. The van der Waals surface area contributed by atoms with Gasteiger partial charge in [-0.05, 0) is 25.7 Å². The van der Waals surface area contributed by atoms with Gasteiger partial charge in [0, 0.05) is 25.6 Å². The molecule has 0 saturated heterocycles. The first-order valence-electron chi connectivity index (χ1n) is 7.54. The minimum Gasteiger partial charge on any atom is -0.389 e. The van der Waals surface area contributed by atoms with Crippen molar-refractivity contribution < 1.29 is 14.6 Å². The molecule has 3 N–H and O–H groups in total. The summed E-state index contributed by atoms with van der Waals surface area (Å²) in [6.07, 6.45) is 6.74. The molecule has 0 aliphatic heterocycles. The number of aliphatic hydroxyl groups is 1. The standard InChI is InChI=1S/C14H26N2O3/c17-12(10-19-13-3-1-2-4-13)9-15-7-8-16-14(18)11-5-6-11/h11-13,15,17H,1-10H2,(H,16,18). The Morgan fingerprint density at radius 2 is 1.95 bits per heavy atom. The summed E-state index contributed by atoms with van der Waals surface area (Å²) in [6, 6.07) is 0. The molecule has 2 rings (SSSR count). The van der Waals surface area contributed by atoms with Gasteiger partial charge in [-0.25, -0.2) is 0 Å². The van der Waals surface area contributed by atoms with Crippen LogP contribution in [0.3, 0.4) is 0 Å². The van der Waals surface area contributed by atoms with Gasteiger partial charge in [0.15, 0.2) is 0 Å². The van der Waals surface area contributed by atoms with Crippen LogP contribution in [0.25, 0.3) is 0 Å². The van der Waals surface area contributed by atoms with Crippen molar-refractivity contribution in [3.8, 4) is 0 Å². The van der Waals surface area contributed by atoms with Gasteiger partial charge in [0.2, 0.25) is 5.91 Å². The van der Waals surface area contributed by atoms with Crippen LogP contribution in [0.1, 0.15) is 38.5 Å². The SMILES string of the molecule is O=C(NCCNCC(O)COC1CCCC1)C1CC1. The average molecular weight is 270 g/mol. The number of hydrogen-bond acceptors (Lipinski definition) is 4. The minimum absolute atomic E-state index is 0.173. The lowest BCUT2D eigenvalue weighted by atomic mass is 10.3. The Morgan fingerprint density at radius 1 is 1.21 bits per heavy atom. The monoisotopic (exact) mass is 270 g/mol. The van der Waals surface area contributed by atoms with E-state index in [0.717, 1.165) is 25.7 Å². The van der Waals surface area contributed by atoms with Gasteiger partial charge in [-0.15, -0.1) is 0 Å². The Labute approximate surface area is 115 Å². The van der Waals surface area contributed by atoms with Gasteiger partial charge in [-0.3, -0.25) is 4.79 Å². The van der Waals surface area contributed by atoms with E-state index in [1.54, 1.807) is 0 Å². The second-order valence-electron chi connectivity index (χ2n) is 5.66. The lowest BCUT2D eigenvalue weighted by molar-refractivity contribution is -0.122. The van der Waals surface area contributed by atoms with E-state index in [1.165, 1.54) is 12.8 Å². The zero-order valence-corrected chi connectivity index (χ0v) is 11.6. The van der Waals surface area contributed by atoms with Crippen molar-refractivity contribution in [1.29, 1.82) is 0 Å². The Balaban J connectivity index is 1.40. The highest BCUT2D eigenvalue weighted by atomic mass is 16.5. The number of carbonyl (C=O) groups is 1. The molecule has 0 spiro atoms. The van der Waals surface area contributed by atoms with Gasteiger partial charge in [-0.2, -0.15) is 0 Å². The second-order valence-corrected chi connectivity index (χ2v) is 5.66. The van der Waals surface area contributed by atoms with Crippen molar-refractivity contribution in [1.82, 2.24) is 10.6 Å². The van der Waals surface area contributed by atoms with Gasteiger partial charge < -0.3 is 20.5 Å². The maximum Gasteiger partial charge on any atom is 0.223 e. The fraction of sp³-hybridized carbons (Fsp3) is 0.929. The van der Waals surface area contributed by atoms with Crippen molar-refractivity contribution in [3.05, 3.63) is 0 Å². The lowest BCUT2D eigenvalue weighted by Gasteiger charge is -2.16.